The van der Waals surface area contributed by atoms with Crippen molar-refractivity contribution in [2.75, 3.05) is 13.1 Å². The summed E-state index contributed by atoms with van der Waals surface area (Å²) in [6.07, 6.45) is -4.53. The molecule has 23 heavy (non-hydrogen) atoms. The lowest BCUT2D eigenvalue weighted by molar-refractivity contribution is -0.384. The van der Waals surface area contributed by atoms with Crippen LogP contribution in [-0.4, -0.2) is 36.9 Å². The summed E-state index contributed by atoms with van der Waals surface area (Å²) in [5.74, 6) is -1.93. The first kappa shape index (κ1) is 17.5. The third-order valence-electron chi connectivity index (χ3n) is 3.41. The summed E-state index contributed by atoms with van der Waals surface area (Å²) in [4.78, 5) is 9.84. The minimum atomic E-state index is -4.47. The first-order valence-electron chi connectivity index (χ1n) is 6.60. The molecule has 0 N–H and O–H groups in total. The van der Waals surface area contributed by atoms with Crippen molar-refractivity contribution in [2.45, 2.75) is 19.0 Å². The topological polar surface area (TPSA) is 89.7 Å². The highest BCUT2D eigenvalue weighted by Crippen LogP contribution is 2.34. The zero-order valence-corrected chi connectivity index (χ0v) is 12.5. The maximum atomic E-state index is 12.7. The Hall–Kier alpha value is -1.88. The minimum absolute atomic E-state index is 0.0676. The van der Waals surface area contributed by atoms with E-state index in [1.165, 1.54) is 0 Å². The molecule has 2 rings (SSSR count). The smallest absolute Gasteiger partial charge is 0.371 e. The van der Waals surface area contributed by atoms with Crippen LogP contribution < -0.4 is 4.18 Å². The van der Waals surface area contributed by atoms with Crippen LogP contribution in [0.5, 0.6) is 5.75 Å². The van der Waals surface area contributed by atoms with Gasteiger partial charge in [0, 0.05) is 25.2 Å². The van der Waals surface area contributed by atoms with Gasteiger partial charge in [-0.05, 0) is 25.0 Å². The van der Waals surface area contributed by atoms with Crippen molar-refractivity contribution in [3.05, 3.63) is 34.4 Å². The van der Waals surface area contributed by atoms with Crippen molar-refractivity contribution in [1.29, 1.82) is 0 Å². The van der Waals surface area contributed by atoms with Gasteiger partial charge in [-0.25, -0.2) is 0 Å². The predicted octanol–water partition coefficient (Wildman–Crippen LogP) is 2.49. The Balaban J connectivity index is 2.10. The fraction of sp³-hybridized carbons (Fsp3) is 0.500. The molecule has 1 atom stereocenters. The number of piperidine rings is 1. The standard InChI is InChI=1S/C12H13F3N2O5S/c13-12(14,15)9-2-1-7-16(8-9)23(20,21)22-11-5-3-10(4-6-11)17(18)19/h3-6,9H,1-2,7-8H2. The molecular formula is C12H13F3N2O5S. The molecule has 1 unspecified atom stereocenters. The van der Waals surface area contributed by atoms with E-state index in [-0.39, 0.29) is 30.8 Å². The summed E-state index contributed by atoms with van der Waals surface area (Å²) >= 11 is 0. The highest BCUT2D eigenvalue weighted by molar-refractivity contribution is 7.84. The van der Waals surface area contributed by atoms with Crippen LogP contribution in [0.2, 0.25) is 0 Å². The van der Waals surface area contributed by atoms with Crippen molar-refractivity contribution < 1.29 is 30.7 Å². The zero-order chi connectivity index (χ0) is 17.3. The van der Waals surface area contributed by atoms with Gasteiger partial charge < -0.3 is 4.18 Å². The molecular weight excluding hydrogens is 341 g/mol. The number of non-ortho nitro benzene ring substituents is 1. The predicted molar refractivity (Wildman–Crippen MR) is 73.0 cm³/mol. The maximum Gasteiger partial charge on any atom is 0.393 e. The number of nitro groups is 1. The van der Waals surface area contributed by atoms with E-state index < -0.39 is 33.9 Å². The maximum absolute atomic E-state index is 12.7. The number of nitro benzene ring substituents is 1. The van der Waals surface area contributed by atoms with E-state index in [4.69, 9.17) is 4.18 Å². The van der Waals surface area contributed by atoms with Gasteiger partial charge in [0.2, 0.25) is 0 Å². The summed E-state index contributed by atoms with van der Waals surface area (Å²) in [5.41, 5.74) is -0.259. The van der Waals surface area contributed by atoms with Crippen molar-refractivity contribution in [2.24, 2.45) is 5.92 Å². The molecule has 0 amide bonds. The lowest BCUT2D eigenvalue weighted by atomic mass is 9.99. The van der Waals surface area contributed by atoms with Gasteiger partial charge in [0.1, 0.15) is 5.75 Å². The molecule has 0 bridgehead atoms. The van der Waals surface area contributed by atoms with E-state index in [1.807, 2.05) is 0 Å². The quantitative estimate of drug-likeness (QED) is 0.612. The number of hydrogen-bond donors (Lipinski definition) is 0. The molecule has 1 aromatic rings. The van der Waals surface area contributed by atoms with E-state index >= 15 is 0 Å². The Bertz CT molecular complexity index is 675. The fourth-order valence-electron chi connectivity index (χ4n) is 2.21. The molecule has 0 spiro atoms. The molecule has 7 nitrogen and oxygen atoms in total. The highest BCUT2D eigenvalue weighted by Gasteiger charge is 2.44. The Morgan fingerprint density at radius 2 is 1.87 bits per heavy atom. The van der Waals surface area contributed by atoms with Gasteiger partial charge in [-0.2, -0.15) is 25.9 Å². The third kappa shape index (κ3) is 4.32. The first-order valence-corrected chi connectivity index (χ1v) is 7.97. The van der Waals surface area contributed by atoms with Crippen LogP contribution in [0.15, 0.2) is 24.3 Å². The number of halogens is 3. The number of hydrogen-bond acceptors (Lipinski definition) is 5. The Kier molecular flexibility index (Phi) is 4.80. The zero-order valence-electron chi connectivity index (χ0n) is 11.7. The van der Waals surface area contributed by atoms with E-state index in [0.717, 1.165) is 24.3 Å². The van der Waals surface area contributed by atoms with Crippen molar-refractivity contribution in [3.8, 4) is 5.75 Å². The fourth-order valence-corrected chi connectivity index (χ4v) is 3.39. The summed E-state index contributed by atoms with van der Waals surface area (Å²) in [6, 6.07) is 4.22. The second-order valence-electron chi connectivity index (χ2n) is 5.03. The van der Waals surface area contributed by atoms with Gasteiger partial charge in [-0.15, -0.1) is 0 Å². The van der Waals surface area contributed by atoms with Gasteiger partial charge in [-0.1, -0.05) is 0 Å². The van der Waals surface area contributed by atoms with Crippen LogP contribution in [-0.2, 0) is 10.3 Å². The summed E-state index contributed by atoms with van der Waals surface area (Å²) < 4.78 is 67.6. The summed E-state index contributed by atoms with van der Waals surface area (Å²) in [6.45, 7) is -0.763. The van der Waals surface area contributed by atoms with Crippen molar-refractivity contribution >= 4 is 16.0 Å². The normalized spacial score (nSPS) is 20.2. The molecule has 0 radical (unpaired) electrons. The minimum Gasteiger partial charge on any atom is -0.371 e. The second kappa shape index (κ2) is 6.32. The first-order chi connectivity index (χ1) is 10.6. The largest absolute Gasteiger partial charge is 0.393 e. The number of rotatable bonds is 4. The van der Waals surface area contributed by atoms with Crippen LogP contribution in [0.1, 0.15) is 12.8 Å². The van der Waals surface area contributed by atoms with Gasteiger partial charge in [0.25, 0.3) is 5.69 Å². The van der Waals surface area contributed by atoms with Gasteiger partial charge in [-0.3, -0.25) is 10.1 Å². The molecule has 1 aliphatic heterocycles. The number of benzene rings is 1. The Morgan fingerprint density at radius 3 is 2.39 bits per heavy atom. The van der Waals surface area contributed by atoms with E-state index in [1.54, 1.807) is 0 Å². The Labute approximate surface area is 130 Å². The monoisotopic (exact) mass is 354 g/mol. The average Bonchev–Trinajstić information content (AvgIpc) is 2.46. The molecule has 1 saturated heterocycles. The van der Waals surface area contributed by atoms with E-state index in [0.29, 0.717) is 4.31 Å². The van der Waals surface area contributed by atoms with Gasteiger partial charge in [0.15, 0.2) is 0 Å². The Morgan fingerprint density at radius 1 is 1.26 bits per heavy atom. The summed E-state index contributed by atoms with van der Waals surface area (Å²) in [5, 5.41) is 10.5. The van der Waals surface area contributed by atoms with Crippen molar-refractivity contribution in [3.63, 3.8) is 0 Å². The molecule has 128 valence electrons. The van der Waals surface area contributed by atoms with Crippen molar-refractivity contribution in [1.82, 2.24) is 4.31 Å². The SMILES string of the molecule is O=[N+]([O-])c1ccc(OS(=O)(=O)N2CCCC(C(F)(F)F)C2)cc1. The molecule has 0 saturated carbocycles. The molecule has 11 heteroatoms. The van der Waals surface area contributed by atoms with Crippen LogP contribution >= 0.6 is 0 Å². The third-order valence-corrected chi connectivity index (χ3v) is 4.78. The number of nitrogens with zero attached hydrogens (tertiary/aromatic N) is 2. The molecule has 1 aliphatic rings. The lowest BCUT2D eigenvalue weighted by Gasteiger charge is -2.32. The van der Waals surface area contributed by atoms with Crippen LogP contribution in [0, 0.1) is 16.0 Å². The lowest BCUT2D eigenvalue weighted by Crippen LogP contribution is -2.45. The van der Waals surface area contributed by atoms with Crippen LogP contribution in [0.3, 0.4) is 0 Å². The molecule has 0 aromatic heterocycles. The molecule has 1 heterocycles. The second-order valence-corrected chi connectivity index (χ2v) is 6.57. The highest BCUT2D eigenvalue weighted by atomic mass is 32.2. The van der Waals surface area contributed by atoms with Gasteiger partial charge >= 0.3 is 16.5 Å². The summed E-state index contributed by atoms with van der Waals surface area (Å²) in [7, 11) is -4.40. The molecule has 0 aliphatic carbocycles. The molecule has 1 fully saturated rings. The van der Waals surface area contributed by atoms with Crippen LogP contribution in [0.25, 0.3) is 0 Å². The number of alkyl halides is 3. The van der Waals surface area contributed by atoms with Gasteiger partial charge in [0.05, 0.1) is 10.8 Å². The average molecular weight is 354 g/mol. The van der Waals surface area contributed by atoms with E-state index in [9.17, 15) is 31.7 Å². The molecule has 1 aromatic carbocycles. The van der Waals surface area contributed by atoms with Crippen LogP contribution in [0.4, 0.5) is 18.9 Å². The van der Waals surface area contributed by atoms with E-state index in [2.05, 4.69) is 0 Å².